The molecule has 0 bridgehead atoms. The molecule has 4 rings (SSSR count). The smallest absolute Gasteiger partial charge is 0.320 e. The van der Waals surface area contributed by atoms with Gasteiger partial charge in [0.1, 0.15) is 0 Å². The average Bonchev–Trinajstić information content (AvgIpc) is 3.08. The summed E-state index contributed by atoms with van der Waals surface area (Å²) in [4.78, 5) is 17.1. The number of benzene rings is 2. The molecule has 166 valence electrons. The number of hydrogen-bond acceptors (Lipinski definition) is 3. The topological polar surface area (TPSA) is 60.9 Å². The molecule has 0 radical (unpaired) electrons. The zero-order valence-electron chi connectivity index (χ0n) is 17.9. The molecule has 0 aliphatic carbocycles. The van der Waals surface area contributed by atoms with Gasteiger partial charge < -0.3 is 9.80 Å². The minimum atomic E-state index is -3.56. The Hall–Kier alpha value is -2.09. The van der Waals surface area contributed by atoms with Gasteiger partial charge in [0.15, 0.2) is 0 Å². The molecule has 2 heterocycles. The van der Waals surface area contributed by atoms with E-state index in [9.17, 15) is 13.2 Å². The van der Waals surface area contributed by atoms with E-state index in [1.165, 1.54) is 9.87 Å². The summed E-state index contributed by atoms with van der Waals surface area (Å²) in [6, 6.07) is 13.2. The molecular weight excluding hydrogens is 434 g/mol. The minimum Gasteiger partial charge on any atom is -0.320 e. The first-order valence-electron chi connectivity index (χ1n) is 10.6. The van der Waals surface area contributed by atoms with Crippen molar-refractivity contribution in [1.29, 1.82) is 0 Å². The van der Waals surface area contributed by atoms with Gasteiger partial charge in [-0.25, -0.2) is 13.2 Å². The second-order valence-electron chi connectivity index (χ2n) is 8.43. The van der Waals surface area contributed by atoms with Gasteiger partial charge in [0.2, 0.25) is 10.0 Å². The molecule has 2 aliphatic rings. The first-order valence-corrected chi connectivity index (χ1v) is 12.4. The van der Waals surface area contributed by atoms with Gasteiger partial charge >= 0.3 is 6.03 Å². The number of nitrogens with zero attached hydrogens (tertiary/aromatic N) is 3. The predicted molar refractivity (Wildman–Crippen MR) is 122 cm³/mol. The summed E-state index contributed by atoms with van der Waals surface area (Å²) >= 11 is 5.98. The first-order chi connectivity index (χ1) is 14.8. The van der Waals surface area contributed by atoms with Crippen LogP contribution in [-0.4, -0.2) is 60.8 Å². The third-order valence-electron chi connectivity index (χ3n) is 6.20. The number of halogens is 1. The van der Waals surface area contributed by atoms with Crippen molar-refractivity contribution in [3.05, 3.63) is 64.2 Å². The lowest BCUT2D eigenvalue weighted by Gasteiger charge is -2.36. The molecule has 2 amide bonds. The lowest BCUT2D eigenvalue weighted by atomic mass is 10.1. The summed E-state index contributed by atoms with van der Waals surface area (Å²) in [6.45, 7) is 6.65. The van der Waals surface area contributed by atoms with E-state index in [2.05, 4.69) is 19.1 Å². The van der Waals surface area contributed by atoms with Crippen molar-refractivity contribution >= 4 is 27.7 Å². The number of amides is 2. The largest absolute Gasteiger partial charge is 0.320 e. The second kappa shape index (κ2) is 8.81. The zero-order chi connectivity index (χ0) is 22.2. The Labute approximate surface area is 189 Å². The first kappa shape index (κ1) is 22.1. The summed E-state index contributed by atoms with van der Waals surface area (Å²) in [5.74, 6) is 0. The van der Waals surface area contributed by atoms with Crippen molar-refractivity contribution in [3.63, 3.8) is 0 Å². The van der Waals surface area contributed by atoms with E-state index < -0.39 is 10.0 Å². The maximum Gasteiger partial charge on any atom is 0.320 e. The Balaban J connectivity index is 1.38. The molecule has 0 saturated carbocycles. The quantitative estimate of drug-likeness (QED) is 0.674. The molecule has 2 fully saturated rings. The molecule has 2 saturated heterocycles. The maximum absolute atomic E-state index is 13.1. The van der Waals surface area contributed by atoms with E-state index in [1.54, 1.807) is 25.1 Å². The van der Waals surface area contributed by atoms with E-state index in [4.69, 9.17) is 11.6 Å². The fourth-order valence-corrected chi connectivity index (χ4v) is 6.46. The van der Waals surface area contributed by atoms with Crippen LogP contribution in [-0.2, 0) is 16.6 Å². The monoisotopic (exact) mass is 461 g/mol. The summed E-state index contributed by atoms with van der Waals surface area (Å²) in [5, 5.41) is 0.526. The Kier molecular flexibility index (Phi) is 6.28. The number of sulfonamides is 1. The highest BCUT2D eigenvalue weighted by Crippen LogP contribution is 2.28. The summed E-state index contributed by atoms with van der Waals surface area (Å²) < 4.78 is 27.7. The van der Waals surface area contributed by atoms with Gasteiger partial charge in [-0.2, -0.15) is 4.31 Å². The van der Waals surface area contributed by atoms with Crippen LogP contribution in [0.15, 0.2) is 47.4 Å². The third kappa shape index (κ3) is 4.59. The van der Waals surface area contributed by atoms with Crippen molar-refractivity contribution in [3.8, 4) is 0 Å². The van der Waals surface area contributed by atoms with Gasteiger partial charge in [0.25, 0.3) is 0 Å². The number of piperidine rings is 1. The number of carbonyl (C=O) groups is 1. The fraction of sp³-hybridized carbons (Fsp3) is 0.435. The highest BCUT2D eigenvalue weighted by molar-refractivity contribution is 7.89. The van der Waals surface area contributed by atoms with E-state index in [0.29, 0.717) is 61.0 Å². The Morgan fingerprint density at radius 3 is 2.42 bits per heavy atom. The molecule has 0 N–H and O–H groups in total. The highest BCUT2D eigenvalue weighted by atomic mass is 35.5. The van der Waals surface area contributed by atoms with Crippen LogP contribution in [0.5, 0.6) is 0 Å². The van der Waals surface area contributed by atoms with Crippen LogP contribution in [0.2, 0.25) is 5.02 Å². The van der Waals surface area contributed by atoms with Crippen molar-refractivity contribution in [2.75, 3.05) is 26.2 Å². The molecule has 6 nitrogen and oxygen atoms in total. The average molecular weight is 462 g/mol. The standard InChI is InChI=1S/C23H28ClN3O3S/c1-17-4-3-5-19(14-17)16-25-12-13-27(23(25)28)21-8-10-26(11-9-21)31(29,30)22-7-6-20(24)15-18(22)2/h3-7,14-15,21H,8-13,16H2,1-2H3. The molecule has 0 aromatic heterocycles. The van der Waals surface area contributed by atoms with Crippen molar-refractivity contribution in [2.24, 2.45) is 0 Å². The van der Waals surface area contributed by atoms with Crippen LogP contribution in [0.3, 0.4) is 0 Å². The lowest BCUT2D eigenvalue weighted by Crippen LogP contribution is -2.48. The normalized spacial score (nSPS) is 18.7. The van der Waals surface area contributed by atoms with Crippen LogP contribution in [0.4, 0.5) is 4.79 Å². The van der Waals surface area contributed by atoms with Gasteiger partial charge in [-0.05, 0) is 56.0 Å². The highest BCUT2D eigenvalue weighted by Gasteiger charge is 2.37. The minimum absolute atomic E-state index is 0.0522. The lowest BCUT2D eigenvalue weighted by molar-refractivity contribution is 0.153. The fourth-order valence-electron chi connectivity index (χ4n) is 4.55. The molecule has 0 spiro atoms. The van der Waals surface area contributed by atoms with E-state index >= 15 is 0 Å². The number of carbonyl (C=O) groups excluding carboxylic acids is 1. The Morgan fingerprint density at radius 2 is 1.74 bits per heavy atom. The van der Waals surface area contributed by atoms with E-state index in [1.807, 2.05) is 21.9 Å². The van der Waals surface area contributed by atoms with Crippen molar-refractivity contribution < 1.29 is 13.2 Å². The molecule has 31 heavy (non-hydrogen) atoms. The second-order valence-corrected chi connectivity index (χ2v) is 10.8. The summed E-state index contributed by atoms with van der Waals surface area (Å²) in [7, 11) is -3.56. The summed E-state index contributed by atoms with van der Waals surface area (Å²) in [5.41, 5.74) is 2.97. The van der Waals surface area contributed by atoms with Crippen LogP contribution in [0, 0.1) is 13.8 Å². The van der Waals surface area contributed by atoms with E-state index in [0.717, 1.165) is 5.56 Å². The maximum atomic E-state index is 13.1. The Morgan fingerprint density at radius 1 is 1.00 bits per heavy atom. The van der Waals surface area contributed by atoms with Gasteiger partial charge in [0.05, 0.1) is 4.90 Å². The number of urea groups is 1. The van der Waals surface area contributed by atoms with Crippen LogP contribution < -0.4 is 0 Å². The van der Waals surface area contributed by atoms with Crippen molar-refractivity contribution in [2.45, 2.75) is 44.2 Å². The third-order valence-corrected chi connectivity index (χ3v) is 8.50. The van der Waals surface area contributed by atoms with Crippen LogP contribution in [0.25, 0.3) is 0 Å². The summed E-state index contributed by atoms with van der Waals surface area (Å²) in [6.07, 6.45) is 1.30. The molecule has 0 unspecified atom stereocenters. The zero-order valence-corrected chi connectivity index (χ0v) is 19.5. The van der Waals surface area contributed by atoms with Gasteiger partial charge in [-0.1, -0.05) is 41.4 Å². The number of rotatable bonds is 5. The van der Waals surface area contributed by atoms with Crippen molar-refractivity contribution in [1.82, 2.24) is 14.1 Å². The predicted octanol–water partition coefficient (Wildman–Crippen LogP) is 4.05. The number of aryl methyl sites for hydroxylation is 2. The van der Waals surface area contributed by atoms with Crippen LogP contribution >= 0.6 is 11.6 Å². The van der Waals surface area contributed by atoms with Gasteiger partial charge in [-0.15, -0.1) is 0 Å². The number of hydrogen-bond donors (Lipinski definition) is 0. The van der Waals surface area contributed by atoms with Gasteiger partial charge in [0, 0.05) is 43.8 Å². The molecule has 2 aromatic rings. The van der Waals surface area contributed by atoms with E-state index in [-0.39, 0.29) is 12.1 Å². The molecule has 2 aliphatic heterocycles. The molecule has 0 atom stereocenters. The molecular formula is C23H28ClN3O3S. The van der Waals surface area contributed by atoms with Gasteiger partial charge in [-0.3, -0.25) is 0 Å². The molecule has 2 aromatic carbocycles. The SMILES string of the molecule is Cc1cccc(CN2CCN(C3CCN(S(=O)(=O)c4ccc(Cl)cc4C)CC3)C2=O)c1. The molecule has 8 heteroatoms. The Bertz CT molecular complexity index is 1080. The van der Waals surface area contributed by atoms with Crippen LogP contribution in [0.1, 0.15) is 29.5 Å².